The zero-order valence-electron chi connectivity index (χ0n) is 15.9. The van der Waals surface area contributed by atoms with Crippen molar-refractivity contribution in [2.45, 2.75) is 70.3 Å². The average Bonchev–Trinajstić information content (AvgIpc) is 3.03. The molecule has 0 aliphatic carbocycles. The third kappa shape index (κ3) is 5.74. The van der Waals surface area contributed by atoms with Crippen LogP contribution in [0.15, 0.2) is 30.9 Å². The van der Waals surface area contributed by atoms with E-state index in [1.54, 1.807) is 12.4 Å². The number of rotatable bonds is 10. The highest BCUT2D eigenvalue weighted by atomic mass is 16.4. The Morgan fingerprint density at radius 3 is 2.78 bits per heavy atom. The van der Waals surface area contributed by atoms with Gasteiger partial charge in [-0.2, -0.15) is 0 Å². The molecule has 0 spiro atoms. The van der Waals surface area contributed by atoms with E-state index in [4.69, 9.17) is 10.1 Å². The van der Waals surface area contributed by atoms with Crippen LogP contribution in [0.5, 0.6) is 0 Å². The van der Waals surface area contributed by atoms with Crippen LogP contribution in [0.25, 0.3) is 0 Å². The summed E-state index contributed by atoms with van der Waals surface area (Å²) in [5.74, 6) is 0.284. The van der Waals surface area contributed by atoms with E-state index in [9.17, 15) is 4.79 Å². The molecule has 3 rings (SSSR count). The van der Waals surface area contributed by atoms with Gasteiger partial charge in [-0.25, -0.2) is 15.0 Å². The molecule has 1 aliphatic heterocycles. The Bertz CT molecular complexity index is 751. The van der Waals surface area contributed by atoms with Gasteiger partial charge in [0.05, 0.1) is 6.42 Å². The van der Waals surface area contributed by atoms with Gasteiger partial charge in [-0.05, 0) is 55.7 Å². The fraction of sp³-hybridized carbons (Fsp3) is 0.524. The highest BCUT2D eigenvalue weighted by molar-refractivity contribution is 5.68. The molecule has 6 heteroatoms. The maximum atomic E-state index is 11.1. The van der Waals surface area contributed by atoms with Crippen molar-refractivity contribution in [2.24, 2.45) is 0 Å². The Balaban J connectivity index is 1.38. The number of anilines is 1. The van der Waals surface area contributed by atoms with Crippen molar-refractivity contribution >= 4 is 11.8 Å². The minimum Gasteiger partial charge on any atom is -0.481 e. The number of fused-ring (bicyclic) bond motifs is 1. The zero-order chi connectivity index (χ0) is 19.1. The summed E-state index contributed by atoms with van der Waals surface area (Å²) in [6.45, 7) is 2.18. The maximum Gasteiger partial charge on any atom is 0.303 e. The van der Waals surface area contributed by atoms with Gasteiger partial charge in [0, 0.05) is 24.1 Å². The van der Waals surface area contributed by atoms with Crippen LogP contribution in [0, 0.1) is 0 Å². The largest absolute Gasteiger partial charge is 0.481 e. The fourth-order valence-corrected chi connectivity index (χ4v) is 3.74. The normalized spacial score (nSPS) is 16.6. The molecule has 0 aromatic carbocycles. The first-order valence-electron chi connectivity index (χ1n) is 9.84. The third-order valence-corrected chi connectivity index (χ3v) is 5.15. The maximum absolute atomic E-state index is 11.1. The van der Waals surface area contributed by atoms with Crippen molar-refractivity contribution in [3.8, 4) is 0 Å². The molecule has 6 nitrogen and oxygen atoms in total. The summed E-state index contributed by atoms with van der Waals surface area (Å²) in [5, 5.41) is 12.6. The quantitative estimate of drug-likeness (QED) is 0.617. The number of aryl methyl sites for hydroxylation is 1. The van der Waals surface area contributed by atoms with Crippen LogP contribution in [0.1, 0.15) is 68.2 Å². The van der Waals surface area contributed by atoms with E-state index < -0.39 is 5.97 Å². The first-order chi connectivity index (χ1) is 13.1. The van der Waals surface area contributed by atoms with E-state index in [0.717, 1.165) is 62.0 Å². The zero-order valence-corrected chi connectivity index (χ0v) is 15.9. The Morgan fingerprint density at radius 2 is 2.00 bits per heavy atom. The predicted molar refractivity (Wildman–Crippen MR) is 105 cm³/mol. The summed E-state index contributed by atoms with van der Waals surface area (Å²) in [4.78, 5) is 23.9. The second-order valence-corrected chi connectivity index (χ2v) is 7.48. The SMILES string of the molecule is CC1Cc2ccc(CCCCCCC(CC(=O)O)c3cncnc3)nc2N1. The van der Waals surface area contributed by atoms with Gasteiger partial charge in [0.25, 0.3) is 0 Å². The number of pyridine rings is 1. The molecule has 2 unspecified atom stereocenters. The van der Waals surface area contributed by atoms with Gasteiger partial charge in [0.2, 0.25) is 0 Å². The molecule has 0 bridgehead atoms. The van der Waals surface area contributed by atoms with E-state index in [1.807, 2.05) is 0 Å². The average molecular weight is 368 g/mol. The smallest absolute Gasteiger partial charge is 0.303 e. The van der Waals surface area contributed by atoms with Gasteiger partial charge in [0.15, 0.2) is 0 Å². The lowest BCUT2D eigenvalue weighted by atomic mass is 9.92. The van der Waals surface area contributed by atoms with Crippen molar-refractivity contribution < 1.29 is 9.90 Å². The van der Waals surface area contributed by atoms with Gasteiger partial charge in [-0.1, -0.05) is 25.3 Å². The summed E-state index contributed by atoms with van der Waals surface area (Å²) in [5.41, 5.74) is 3.39. The monoisotopic (exact) mass is 368 g/mol. The molecule has 0 amide bonds. The molecule has 27 heavy (non-hydrogen) atoms. The molecule has 2 N–H and O–H groups in total. The van der Waals surface area contributed by atoms with Crippen molar-refractivity contribution in [1.29, 1.82) is 0 Å². The van der Waals surface area contributed by atoms with Gasteiger partial charge in [-0.15, -0.1) is 0 Å². The van der Waals surface area contributed by atoms with Crippen LogP contribution in [0.4, 0.5) is 5.82 Å². The number of hydrogen-bond acceptors (Lipinski definition) is 5. The molecule has 2 aromatic rings. The topological polar surface area (TPSA) is 88.0 Å². The fourth-order valence-electron chi connectivity index (χ4n) is 3.74. The van der Waals surface area contributed by atoms with E-state index in [-0.39, 0.29) is 12.3 Å². The van der Waals surface area contributed by atoms with Crippen molar-refractivity contribution in [1.82, 2.24) is 15.0 Å². The third-order valence-electron chi connectivity index (χ3n) is 5.15. The van der Waals surface area contributed by atoms with Crippen LogP contribution in [0.3, 0.4) is 0 Å². The number of carboxylic acid groups (broad SMARTS) is 1. The minimum absolute atomic E-state index is 0.00450. The van der Waals surface area contributed by atoms with E-state index in [0.29, 0.717) is 6.04 Å². The molecule has 1 aliphatic rings. The molecule has 2 aromatic heterocycles. The lowest BCUT2D eigenvalue weighted by molar-refractivity contribution is -0.137. The van der Waals surface area contributed by atoms with Gasteiger partial charge < -0.3 is 10.4 Å². The van der Waals surface area contributed by atoms with E-state index >= 15 is 0 Å². The summed E-state index contributed by atoms with van der Waals surface area (Å²) in [7, 11) is 0. The molecule has 0 radical (unpaired) electrons. The molecular weight excluding hydrogens is 340 g/mol. The first kappa shape index (κ1) is 19.3. The second kappa shape index (κ2) is 9.44. The summed E-state index contributed by atoms with van der Waals surface area (Å²) < 4.78 is 0. The highest BCUT2D eigenvalue weighted by Gasteiger charge is 2.18. The summed E-state index contributed by atoms with van der Waals surface area (Å²) in [6, 6.07) is 4.83. The number of nitrogens with one attached hydrogen (secondary N) is 1. The minimum atomic E-state index is -0.769. The summed E-state index contributed by atoms with van der Waals surface area (Å²) >= 11 is 0. The van der Waals surface area contributed by atoms with Gasteiger partial charge in [0.1, 0.15) is 12.1 Å². The van der Waals surface area contributed by atoms with Gasteiger partial charge >= 0.3 is 5.97 Å². The lowest BCUT2D eigenvalue weighted by Gasteiger charge is -2.14. The number of nitrogens with zero attached hydrogens (tertiary/aromatic N) is 3. The van der Waals surface area contributed by atoms with Crippen molar-refractivity contribution in [3.63, 3.8) is 0 Å². The molecule has 3 heterocycles. The standard InChI is InChI=1S/C21H28N4O2/c1-15-10-17-8-9-19(25-21(17)24-15)7-5-3-2-4-6-16(11-20(26)27)18-12-22-14-23-13-18/h8-9,12-16H,2-7,10-11H2,1H3,(H,24,25)(H,26,27). The van der Waals surface area contributed by atoms with Gasteiger partial charge in [-0.3, -0.25) is 4.79 Å². The van der Waals surface area contributed by atoms with Crippen molar-refractivity contribution in [3.05, 3.63) is 47.7 Å². The van der Waals surface area contributed by atoms with Crippen molar-refractivity contribution in [2.75, 3.05) is 5.32 Å². The Morgan fingerprint density at radius 1 is 1.22 bits per heavy atom. The molecule has 0 fully saturated rings. The molecule has 2 atom stereocenters. The lowest BCUT2D eigenvalue weighted by Crippen LogP contribution is -2.09. The first-order valence-corrected chi connectivity index (χ1v) is 9.84. The number of carboxylic acids is 1. The number of carbonyl (C=O) groups is 1. The number of unbranched alkanes of at least 4 members (excludes halogenated alkanes) is 3. The Hall–Kier alpha value is -2.50. The van der Waals surface area contributed by atoms with E-state index in [2.05, 4.69) is 34.3 Å². The predicted octanol–water partition coefficient (Wildman–Crippen LogP) is 3.98. The number of aliphatic carboxylic acids is 1. The molecular formula is C21H28N4O2. The molecule has 0 saturated heterocycles. The van der Waals surface area contributed by atoms with Crippen LogP contribution in [-0.4, -0.2) is 32.1 Å². The Labute approximate surface area is 160 Å². The number of hydrogen-bond donors (Lipinski definition) is 2. The van der Waals surface area contributed by atoms with Crippen LogP contribution in [0.2, 0.25) is 0 Å². The van der Waals surface area contributed by atoms with Crippen LogP contribution in [-0.2, 0) is 17.6 Å². The van der Waals surface area contributed by atoms with E-state index in [1.165, 1.54) is 11.9 Å². The second-order valence-electron chi connectivity index (χ2n) is 7.48. The molecule has 144 valence electrons. The highest BCUT2D eigenvalue weighted by Crippen LogP contribution is 2.26. The number of aromatic nitrogens is 3. The summed E-state index contributed by atoms with van der Waals surface area (Å²) in [6.07, 6.45) is 12.4. The van der Waals surface area contributed by atoms with Crippen LogP contribution >= 0.6 is 0 Å². The Kier molecular flexibility index (Phi) is 6.74. The molecule has 0 saturated carbocycles. The van der Waals surface area contributed by atoms with Crippen LogP contribution < -0.4 is 5.32 Å².